The molecule has 7 nitrogen and oxygen atoms in total. The Balaban J connectivity index is 0.00000261. The minimum absolute atomic E-state index is 0. The molecule has 2 N–H and O–H groups in total. The monoisotopic (exact) mass is 395 g/mol. The highest BCUT2D eigenvalue weighted by Crippen LogP contribution is 2.41. The maximum atomic E-state index is 11.3. The number of nitrogens with one attached hydrogen (secondary N) is 1. The second-order valence-electron chi connectivity index (χ2n) is 7.07. The fourth-order valence-electron chi connectivity index (χ4n) is 3.36. The second kappa shape index (κ2) is 9.27. The van der Waals surface area contributed by atoms with Crippen molar-refractivity contribution in [2.75, 3.05) is 33.4 Å². The second-order valence-corrected chi connectivity index (χ2v) is 7.07. The molecule has 2 aliphatic rings. The predicted octanol–water partition coefficient (Wildman–Crippen LogP) is 2.62. The summed E-state index contributed by atoms with van der Waals surface area (Å²) in [5.74, 6) is 1.59. The van der Waals surface area contributed by atoms with Crippen molar-refractivity contribution in [2.45, 2.75) is 31.2 Å². The van der Waals surface area contributed by atoms with Gasteiger partial charge in [0.25, 0.3) is 11.4 Å². The smallest absolute Gasteiger partial charge is 0.260 e. The molecule has 1 saturated heterocycles. The summed E-state index contributed by atoms with van der Waals surface area (Å²) in [4.78, 5) is 17.2. The lowest BCUT2D eigenvalue weighted by Gasteiger charge is -2.33. The van der Waals surface area contributed by atoms with Gasteiger partial charge in [-0.1, -0.05) is 0 Å². The van der Waals surface area contributed by atoms with Crippen LogP contribution < -0.4 is 15.0 Å². The molecule has 1 saturated carbocycles. The highest BCUT2D eigenvalue weighted by molar-refractivity contribution is 5.85. The van der Waals surface area contributed by atoms with Gasteiger partial charge < -0.3 is 14.3 Å². The fourth-order valence-corrected chi connectivity index (χ4v) is 3.36. The Morgan fingerprint density at radius 1 is 1.37 bits per heavy atom. The van der Waals surface area contributed by atoms with Gasteiger partial charge in [-0.2, -0.15) is 0 Å². The van der Waals surface area contributed by atoms with Gasteiger partial charge in [0.2, 0.25) is 0 Å². The van der Waals surface area contributed by atoms with E-state index in [1.807, 2.05) is 23.1 Å². The average molecular weight is 396 g/mol. The van der Waals surface area contributed by atoms with Crippen LogP contribution in [0.25, 0.3) is 4.85 Å². The quantitative estimate of drug-likeness (QED) is 0.421. The van der Waals surface area contributed by atoms with Gasteiger partial charge in [0.15, 0.2) is 11.5 Å². The first-order valence-corrected chi connectivity index (χ1v) is 8.95. The van der Waals surface area contributed by atoms with Gasteiger partial charge in [0, 0.05) is 31.5 Å². The number of nitrogens with zero attached hydrogens (tertiary/aromatic N) is 2. The highest BCUT2D eigenvalue weighted by atomic mass is 35.5. The van der Waals surface area contributed by atoms with E-state index in [1.165, 1.54) is 12.8 Å². The van der Waals surface area contributed by atoms with Crippen molar-refractivity contribution in [1.82, 2.24) is 10.4 Å². The molecule has 1 aromatic carbocycles. The van der Waals surface area contributed by atoms with Crippen LogP contribution >= 0.6 is 12.4 Å². The number of carbonyl (C=O) groups excluding carboxylic acids is 1. The molecule has 148 valence electrons. The first-order chi connectivity index (χ1) is 12.6. The van der Waals surface area contributed by atoms with Crippen LogP contribution in [0.15, 0.2) is 18.2 Å². The molecule has 1 amide bonds. The molecule has 3 rings (SSSR count). The van der Waals surface area contributed by atoms with Crippen molar-refractivity contribution in [3.05, 3.63) is 35.2 Å². The number of benzene rings is 1. The summed E-state index contributed by atoms with van der Waals surface area (Å²) < 4.78 is 11.3. The van der Waals surface area contributed by atoms with Crippen LogP contribution in [-0.4, -0.2) is 49.4 Å². The summed E-state index contributed by atoms with van der Waals surface area (Å²) in [5, 5.41) is 8.67. The number of methoxy groups -OCH3 is 1. The minimum Gasteiger partial charge on any atom is -0.493 e. The van der Waals surface area contributed by atoms with Crippen molar-refractivity contribution in [3.63, 3.8) is 0 Å². The molecule has 27 heavy (non-hydrogen) atoms. The van der Waals surface area contributed by atoms with E-state index < -0.39 is 11.4 Å². The van der Waals surface area contributed by atoms with Crippen LogP contribution in [-0.2, 0) is 10.3 Å². The molecule has 8 heteroatoms. The third kappa shape index (κ3) is 5.04. The van der Waals surface area contributed by atoms with E-state index in [4.69, 9.17) is 21.3 Å². The predicted molar refractivity (Wildman–Crippen MR) is 102 cm³/mol. The van der Waals surface area contributed by atoms with Crippen molar-refractivity contribution in [1.29, 1.82) is 0 Å². The Hall–Kier alpha value is -2.01. The molecular weight excluding hydrogens is 370 g/mol. The molecule has 0 aromatic heterocycles. The third-order valence-corrected chi connectivity index (χ3v) is 5.26. The Kier molecular flexibility index (Phi) is 7.31. The lowest BCUT2D eigenvalue weighted by molar-refractivity contribution is -0.130. The van der Waals surface area contributed by atoms with Gasteiger partial charge >= 0.3 is 0 Å². The van der Waals surface area contributed by atoms with Gasteiger partial charge in [-0.15, -0.1) is 12.4 Å². The van der Waals surface area contributed by atoms with Crippen LogP contribution in [0.2, 0.25) is 0 Å². The van der Waals surface area contributed by atoms with Gasteiger partial charge in [-0.3, -0.25) is 14.9 Å². The Bertz CT molecular complexity index is 695. The normalized spacial score (nSPS) is 18.7. The molecule has 1 aliphatic heterocycles. The van der Waals surface area contributed by atoms with Crippen LogP contribution in [0.4, 0.5) is 0 Å². The molecule has 0 atom stereocenters. The lowest BCUT2D eigenvalue weighted by Crippen LogP contribution is -2.44. The zero-order valence-electron chi connectivity index (χ0n) is 15.4. The van der Waals surface area contributed by atoms with E-state index in [1.54, 1.807) is 12.6 Å². The number of piperidine rings is 1. The fraction of sp³-hybridized carbons (Fsp3) is 0.579. The molecule has 0 bridgehead atoms. The zero-order valence-corrected chi connectivity index (χ0v) is 16.3. The number of rotatable bonds is 7. The van der Waals surface area contributed by atoms with Gasteiger partial charge in [-0.25, -0.2) is 12.1 Å². The summed E-state index contributed by atoms with van der Waals surface area (Å²) >= 11 is 0. The van der Waals surface area contributed by atoms with Crippen LogP contribution in [0.3, 0.4) is 0 Å². The maximum Gasteiger partial charge on any atom is 0.260 e. The largest absolute Gasteiger partial charge is 0.493 e. The number of halogens is 1. The van der Waals surface area contributed by atoms with Crippen LogP contribution in [0.1, 0.15) is 31.2 Å². The standard InChI is InChI=1S/C19H25N3O4.ClH/c1-20-19(7-9-22(10-8-19)12-18(23)21-24)15-5-6-16(25-2)17(11-15)26-13-14-3-4-14;/h5-6,11,14,24H,3-4,7-10,12-13H2,2H3,(H,21,23);1H. The first-order valence-electron chi connectivity index (χ1n) is 8.95. The summed E-state index contributed by atoms with van der Waals surface area (Å²) in [6, 6.07) is 5.75. The van der Waals surface area contributed by atoms with Gasteiger partial charge in [0.1, 0.15) is 0 Å². The third-order valence-electron chi connectivity index (χ3n) is 5.26. The zero-order chi connectivity index (χ0) is 18.6. The van der Waals surface area contributed by atoms with E-state index >= 15 is 0 Å². The van der Waals surface area contributed by atoms with E-state index in [9.17, 15) is 4.79 Å². The maximum absolute atomic E-state index is 11.3. The Morgan fingerprint density at radius 2 is 2.07 bits per heavy atom. The van der Waals surface area contributed by atoms with Gasteiger partial charge in [-0.05, 0) is 37.0 Å². The summed E-state index contributed by atoms with van der Waals surface area (Å²) in [6.45, 7) is 9.87. The molecule has 0 unspecified atom stereocenters. The van der Waals surface area contributed by atoms with E-state index in [2.05, 4.69) is 4.85 Å². The number of carbonyl (C=O) groups is 1. The first kappa shape index (κ1) is 21.3. The lowest BCUT2D eigenvalue weighted by atomic mass is 9.81. The number of likely N-dealkylation sites (tertiary alicyclic amines) is 1. The minimum atomic E-state index is -0.615. The van der Waals surface area contributed by atoms with E-state index in [-0.39, 0.29) is 19.0 Å². The molecule has 0 radical (unpaired) electrons. The number of hydroxylamine groups is 1. The Morgan fingerprint density at radius 3 is 2.63 bits per heavy atom. The van der Waals surface area contributed by atoms with Crippen molar-refractivity contribution in [3.8, 4) is 11.5 Å². The molecule has 1 heterocycles. The molecule has 1 aliphatic carbocycles. The molecule has 1 aromatic rings. The summed E-state index contributed by atoms with van der Waals surface area (Å²) in [6.07, 6.45) is 3.68. The van der Waals surface area contributed by atoms with E-state index in [0.717, 1.165) is 5.56 Å². The number of ether oxygens (including phenoxy) is 2. The van der Waals surface area contributed by atoms with E-state index in [0.29, 0.717) is 50.0 Å². The van der Waals surface area contributed by atoms with Crippen LogP contribution in [0.5, 0.6) is 11.5 Å². The molecule has 0 spiro atoms. The van der Waals surface area contributed by atoms with Crippen LogP contribution in [0, 0.1) is 12.5 Å². The van der Waals surface area contributed by atoms with Crippen molar-refractivity contribution in [2.24, 2.45) is 5.92 Å². The number of hydrogen-bond donors (Lipinski definition) is 2. The number of hydrogen-bond acceptors (Lipinski definition) is 5. The highest BCUT2D eigenvalue weighted by Gasteiger charge is 2.43. The Labute approximate surface area is 165 Å². The SMILES string of the molecule is Cl.[C-]#[N+]C1(c2ccc(OC)c(OCC3CC3)c2)CCN(CC(=O)NO)CC1. The summed E-state index contributed by atoms with van der Waals surface area (Å²) in [5.41, 5.74) is 1.98. The van der Waals surface area contributed by atoms with Gasteiger partial charge in [0.05, 0.1) is 20.3 Å². The van der Waals surface area contributed by atoms with Crippen molar-refractivity contribution < 1.29 is 19.5 Å². The topological polar surface area (TPSA) is 75.4 Å². The summed E-state index contributed by atoms with van der Waals surface area (Å²) in [7, 11) is 1.62. The van der Waals surface area contributed by atoms with Crippen molar-refractivity contribution >= 4 is 18.3 Å². The number of amides is 1. The molecule has 2 fully saturated rings. The average Bonchev–Trinajstić information content (AvgIpc) is 3.51. The molecular formula is C19H26ClN3O4.